The van der Waals surface area contributed by atoms with E-state index in [1.165, 1.54) is 0 Å². The van der Waals surface area contributed by atoms with Gasteiger partial charge in [-0.05, 0) is 41.5 Å². The molecular formula is C29H26F2N8. The molecule has 1 atom stereocenters. The number of nitrogen functional groups attached to an aromatic ring is 1. The second-order valence-corrected chi connectivity index (χ2v) is 10.4. The van der Waals surface area contributed by atoms with E-state index < -0.39 is 5.92 Å². The summed E-state index contributed by atoms with van der Waals surface area (Å²) in [6.45, 7) is 1.63. The van der Waals surface area contributed by atoms with Crippen LogP contribution in [-0.4, -0.2) is 73.6 Å². The number of hydrogen-bond acceptors (Lipinski definition) is 7. The average Bonchev–Trinajstić information content (AvgIpc) is 3.46. The van der Waals surface area contributed by atoms with Crippen LogP contribution in [0.1, 0.15) is 23.2 Å². The van der Waals surface area contributed by atoms with Crippen LogP contribution in [0.5, 0.6) is 0 Å². The molecule has 8 nitrogen and oxygen atoms in total. The molecule has 0 aromatic carbocycles. The van der Waals surface area contributed by atoms with E-state index in [1.807, 2.05) is 35.2 Å². The van der Waals surface area contributed by atoms with Crippen molar-refractivity contribution in [3.63, 3.8) is 0 Å². The molecular weight excluding hydrogens is 498 g/mol. The Morgan fingerprint density at radius 3 is 2.77 bits per heavy atom. The molecule has 3 aliphatic heterocycles. The summed E-state index contributed by atoms with van der Waals surface area (Å²) < 4.78 is 27.5. The molecule has 4 N–H and O–H groups in total. The van der Waals surface area contributed by atoms with Crippen LogP contribution in [0.2, 0.25) is 0 Å². The van der Waals surface area contributed by atoms with Crippen LogP contribution < -0.4 is 5.73 Å². The molecule has 39 heavy (non-hydrogen) atoms. The Balaban J connectivity index is 1.19. The third-order valence-corrected chi connectivity index (χ3v) is 7.67. The number of hydrogen-bond donors (Lipinski definition) is 3. The number of pyridine rings is 3. The number of likely N-dealkylation sites (tertiary alicyclic amines) is 1. The Bertz CT molecular complexity index is 1670. The number of halogens is 2. The summed E-state index contributed by atoms with van der Waals surface area (Å²) in [4.78, 5) is 20.4. The Kier molecular flexibility index (Phi) is 5.34. The minimum atomic E-state index is -2.61. The number of aromatic nitrogens is 4. The van der Waals surface area contributed by atoms with E-state index in [1.54, 1.807) is 24.8 Å². The molecule has 0 radical (unpaired) electrons. The number of H-pyrrole nitrogens is 1. The van der Waals surface area contributed by atoms with Crippen LogP contribution in [0.25, 0.3) is 27.7 Å². The first-order valence-electron chi connectivity index (χ1n) is 12.9. The van der Waals surface area contributed by atoms with Gasteiger partial charge in [-0.1, -0.05) is 6.08 Å². The number of nitrogens with one attached hydrogen (secondary N) is 2. The molecule has 4 aromatic heterocycles. The molecule has 2 saturated heterocycles. The molecule has 0 spiro atoms. The molecule has 0 saturated carbocycles. The monoisotopic (exact) mass is 524 g/mol. The maximum Gasteiger partial charge on any atom is 0.261 e. The van der Waals surface area contributed by atoms with Gasteiger partial charge in [0.25, 0.3) is 5.92 Å². The van der Waals surface area contributed by atoms with Crippen molar-refractivity contribution in [2.45, 2.75) is 18.4 Å². The fourth-order valence-electron chi connectivity index (χ4n) is 5.55. The smallest absolute Gasteiger partial charge is 0.261 e. The maximum atomic E-state index is 13.7. The van der Waals surface area contributed by atoms with E-state index in [4.69, 9.17) is 11.1 Å². The SMILES string of the molecule is N=C(c1cc2c(-c3ccncc3)nccc2[nH]1)c1cc(C2=CN3CC3C(CN3CCC(F)(F)C3)=C2)cnc1N. The minimum Gasteiger partial charge on any atom is -0.383 e. The topological polar surface area (TPSA) is 111 Å². The lowest BCUT2D eigenvalue weighted by Crippen LogP contribution is -2.29. The van der Waals surface area contributed by atoms with E-state index >= 15 is 0 Å². The molecule has 196 valence electrons. The quantitative estimate of drug-likeness (QED) is 0.256. The predicted octanol–water partition coefficient (Wildman–Crippen LogP) is 4.32. The molecule has 0 bridgehead atoms. The number of alkyl halides is 2. The van der Waals surface area contributed by atoms with E-state index in [0.29, 0.717) is 24.3 Å². The van der Waals surface area contributed by atoms with Crippen LogP contribution in [-0.2, 0) is 0 Å². The first kappa shape index (κ1) is 23.7. The number of nitrogens with two attached hydrogens (primary N) is 1. The summed E-state index contributed by atoms with van der Waals surface area (Å²) in [6.07, 6.45) is 11.0. The van der Waals surface area contributed by atoms with Gasteiger partial charge in [0.05, 0.1) is 29.7 Å². The third kappa shape index (κ3) is 4.36. The number of nitrogens with zero attached hydrogens (tertiary/aromatic N) is 5. The van der Waals surface area contributed by atoms with Gasteiger partial charge in [-0.2, -0.15) is 0 Å². The van der Waals surface area contributed by atoms with Crippen molar-refractivity contribution in [2.75, 3.05) is 31.9 Å². The van der Waals surface area contributed by atoms with Crippen molar-refractivity contribution in [2.24, 2.45) is 0 Å². The lowest BCUT2D eigenvalue weighted by molar-refractivity contribution is 0.0130. The highest BCUT2D eigenvalue weighted by Crippen LogP contribution is 2.38. The number of aromatic amines is 1. The van der Waals surface area contributed by atoms with Gasteiger partial charge in [0.2, 0.25) is 0 Å². The molecule has 1 unspecified atom stereocenters. The Hall–Kier alpha value is -4.44. The lowest BCUT2D eigenvalue weighted by atomic mass is 9.98. The van der Waals surface area contributed by atoms with Gasteiger partial charge in [-0.3, -0.25) is 20.3 Å². The summed E-state index contributed by atoms with van der Waals surface area (Å²) in [5.74, 6) is -2.34. The summed E-state index contributed by atoms with van der Waals surface area (Å²) in [6, 6.07) is 9.76. The number of rotatable bonds is 6. The van der Waals surface area contributed by atoms with Crippen LogP contribution in [0.15, 0.2) is 73.0 Å². The Labute approximate surface area is 223 Å². The second-order valence-electron chi connectivity index (χ2n) is 10.4. The first-order chi connectivity index (χ1) is 18.8. The lowest BCUT2D eigenvalue weighted by Gasteiger charge is -2.21. The summed E-state index contributed by atoms with van der Waals surface area (Å²) >= 11 is 0. The number of allylic oxidation sites excluding steroid dienone is 2. The fourth-order valence-corrected chi connectivity index (χ4v) is 5.55. The van der Waals surface area contributed by atoms with Gasteiger partial charge in [0.15, 0.2) is 0 Å². The Morgan fingerprint density at radius 1 is 1.13 bits per heavy atom. The van der Waals surface area contributed by atoms with Crippen LogP contribution in [0, 0.1) is 5.41 Å². The van der Waals surface area contributed by atoms with E-state index in [9.17, 15) is 8.78 Å². The van der Waals surface area contributed by atoms with Crippen molar-refractivity contribution in [1.29, 1.82) is 5.41 Å². The average molecular weight is 525 g/mol. The summed E-state index contributed by atoms with van der Waals surface area (Å²) in [5, 5.41) is 9.90. The highest BCUT2D eigenvalue weighted by molar-refractivity contribution is 6.15. The van der Waals surface area contributed by atoms with E-state index in [-0.39, 0.29) is 30.5 Å². The molecule has 7 rings (SSSR count). The van der Waals surface area contributed by atoms with E-state index in [2.05, 4.69) is 37.1 Å². The normalized spacial score (nSPS) is 20.1. The largest absolute Gasteiger partial charge is 0.383 e. The highest BCUT2D eigenvalue weighted by Gasteiger charge is 2.42. The summed E-state index contributed by atoms with van der Waals surface area (Å²) in [7, 11) is 0. The number of fused-ring (bicyclic) bond motifs is 2. The minimum absolute atomic E-state index is 0.0847. The third-order valence-electron chi connectivity index (χ3n) is 7.67. The van der Waals surface area contributed by atoms with Gasteiger partial charge in [-0.25, -0.2) is 13.8 Å². The van der Waals surface area contributed by atoms with Crippen molar-refractivity contribution in [1.82, 2.24) is 29.7 Å². The molecule has 3 aliphatic rings. The van der Waals surface area contributed by atoms with Crippen LogP contribution >= 0.6 is 0 Å². The van der Waals surface area contributed by atoms with Crippen molar-refractivity contribution < 1.29 is 8.78 Å². The molecule has 10 heteroatoms. The van der Waals surface area contributed by atoms with Gasteiger partial charge in [0.1, 0.15) is 5.82 Å². The predicted molar refractivity (Wildman–Crippen MR) is 146 cm³/mol. The van der Waals surface area contributed by atoms with E-state index in [0.717, 1.165) is 45.4 Å². The summed E-state index contributed by atoms with van der Waals surface area (Å²) in [5.41, 5.74) is 13.1. The van der Waals surface area contributed by atoms with Gasteiger partial charge >= 0.3 is 0 Å². The van der Waals surface area contributed by atoms with Crippen LogP contribution in [0.4, 0.5) is 14.6 Å². The molecule has 4 aromatic rings. The second kappa shape index (κ2) is 8.81. The van der Waals surface area contributed by atoms with Gasteiger partial charge < -0.3 is 15.6 Å². The zero-order chi connectivity index (χ0) is 26.7. The van der Waals surface area contributed by atoms with Gasteiger partial charge in [0, 0.05) is 84.6 Å². The van der Waals surface area contributed by atoms with Crippen molar-refractivity contribution >= 4 is 28.0 Å². The fraction of sp³-hybridized carbons (Fsp3) is 0.241. The maximum absolute atomic E-state index is 13.7. The van der Waals surface area contributed by atoms with Crippen LogP contribution in [0.3, 0.4) is 0 Å². The zero-order valence-corrected chi connectivity index (χ0v) is 21.0. The standard InChI is InChI=1S/C29H26F2N8/c30-29(31)4-8-38(16-29)13-20-9-19(14-39-15-25(20)39)18-10-22(28(33)36-12-18)26(32)24-11-21-23(37-24)3-7-35-27(21)17-1-5-34-6-2-17/h1-3,5-7,9-12,14,25,32,37H,4,8,13,15-16H2,(H2,33,36). The molecule has 0 aliphatic carbocycles. The zero-order valence-electron chi connectivity index (χ0n) is 21.0. The molecule has 7 heterocycles. The Morgan fingerprint density at radius 2 is 1.97 bits per heavy atom. The highest BCUT2D eigenvalue weighted by atomic mass is 19.3. The molecule has 0 amide bonds. The first-order valence-corrected chi connectivity index (χ1v) is 12.9. The van der Waals surface area contributed by atoms with Gasteiger partial charge in [-0.15, -0.1) is 0 Å². The number of anilines is 1. The van der Waals surface area contributed by atoms with Crippen molar-refractivity contribution in [3.05, 3.63) is 89.8 Å². The molecule has 2 fully saturated rings. The van der Waals surface area contributed by atoms with Crippen molar-refractivity contribution in [3.8, 4) is 11.3 Å².